The second-order valence-electron chi connectivity index (χ2n) is 9.43. The van der Waals surface area contributed by atoms with Crippen LogP contribution in [-0.4, -0.2) is 38.2 Å². The second-order valence-corrected chi connectivity index (χ2v) is 9.43. The van der Waals surface area contributed by atoms with Crippen molar-refractivity contribution in [3.63, 3.8) is 0 Å². The fourth-order valence-corrected chi connectivity index (χ4v) is 4.43. The number of anilines is 1. The lowest BCUT2D eigenvalue weighted by Gasteiger charge is -2.33. The maximum absolute atomic E-state index is 13.0. The predicted octanol–water partition coefficient (Wildman–Crippen LogP) is 4.20. The molecule has 1 aliphatic carbocycles. The van der Waals surface area contributed by atoms with Gasteiger partial charge in [-0.05, 0) is 51.7 Å². The molecule has 0 unspecified atom stereocenters. The Morgan fingerprint density at radius 2 is 2.06 bits per heavy atom. The third-order valence-corrected chi connectivity index (χ3v) is 6.40. The number of aromatic nitrogens is 3. The third kappa shape index (κ3) is 4.80. The van der Waals surface area contributed by atoms with E-state index >= 15 is 0 Å². The normalized spacial score (nSPS) is 20.8. The molecule has 33 heavy (non-hydrogen) atoms. The highest BCUT2D eigenvalue weighted by Crippen LogP contribution is 2.36. The first-order valence-corrected chi connectivity index (χ1v) is 11.6. The van der Waals surface area contributed by atoms with Crippen molar-refractivity contribution in [1.29, 1.82) is 0 Å². The molecule has 2 heterocycles. The van der Waals surface area contributed by atoms with Gasteiger partial charge in [0, 0.05) is 40.4 Å². The van der Waals surface area contributed by atoms with Crippen LogP contribution in [0.3, 0.4) is 0 Å². The van der Waals surface area contributed by atoms with Gasteiger partial charge in [0.05, 0.1) is 29.5 Å². The molecule has 1 aliphatic rings. The van der Waals surface area contributed by atoms with E-state index in [-0.39, 0.29) is 17.7 Å². The summed E-state index contributed by atoms with van der Waals surface area (Å²) >= 11 is 0. The highest BCUT2D eigenvalue weighted by atomic mass is 16.5. The number of carbonyl (C=O) groups is 1. The fraction of sp³-hybridized carbons (Fsp3) is 0.480. The molecule has 0 spiro atoms. The van der Waals surface area contributed by atoms with E-state index in [2.05, 4.69) is 5.32 Å². The molecule has 1 fully saturated rings. The minimum absolute atomic E-state index is 0.0624. The predicted molar refractivity (Wildman–Crippen MR) is 125 cm³/mol. The Morgan fingerprint density at radius 3 is 2.73 bits per heavy atom. The average molecular weight is 454 g/mol. The number of fused-ring (bicyclic) bond motifs is 1. The van der Waals surface area contributed by atoms with Crippen molar-refractivity contribution in [2.75, 3.05) is 11.9 Å². The molecule has 0 saturated heterocycles. The van der Waals surface area contributed by atoms with Crippen molar-refractivity contribution in [3.05, 3.63) is 47.9 Å². The summed E-state index contributed by atoms with van der Waals surface area (Å²) in [6.07, 6.45) is 5.21. The summed E-state index contributed by atoms with van der Waals surface area (Å²) < 4.78 is 8.70. The number of rotatable bonds is 6. The van der Waals surface area contributed by atoms with Crippen molar-refractivity contribution in [1.82, 2.24) is 9.78 Å². The van der Waals surface area contributed by atoms with Crippen molar-refractivity contribution in [3.8, 4) is 5.75 Å². The summed E-state index contributed by atoms with van der Waals surface area (Å²) in [5.41, 5.74) is 1.51. The SMILES string of the molecule is CCOc1cc2nn(C3CCC(C)(O)CC3)cc2cc1NC(=O)c1cccc(C(C)C)[n+]1O. The summed E-state index contributed by atoms with van der Waals surface area (Å²) in [6, 6.07) is 9.05. The van der Waals surface area contributed by atoms with Gasteiger partial charge in [-0.2, -0.15) is 5.10 Å². The van der Waals surface area contributed by atoms with E-state index in [4.69, 9.17) is 9.84 Å². The molecule has 0 radical (unpaired) electrons. The van der Waals surface area contributed by atoms with Gasteiger partial charge in [-0.25, -0.2) is 0 Å². The Balaban J connectivity index is 1.64. The number of hydrogen-bond donors (Lipinski definition) is 3. The van der Waals surface area contributed by atoms with Gasteiger partial charge in [-0.3, -0.25) is 14.7 Å². The van der Waals surface area contributed by atoms with E-state index in [9.17, 15) is 15.1 Å². The average Bonchev–Trinajstić information content (AvgIpc) is 3.16. The molecule has 1 amide bonds. The standard InChI is InChI=1S/C25H32N4O4/c1-5-33-23-14-19-17(15-28(27-19)18-9-11-25(4,31)12-10-18)13-20(23)26-24(30)22-8-6-7-21(16(2)3)29(22)32/h6-8,13-16,18,31H,5,9-12H2,1-4H3,(H-,26,30,32)/p+1. The summed E-state index contributed by atoms with van der Waals surface area (Å²) in [6.45, 7) is 8.12. The number of pyridine rings is 1. The molecule has 2 aromatic heterocycles. The van der Waals surface area contributed by atoms with Crippen molar-refractivity contribution < 1.29 is 24.6 Å². The van der Waals surface area contributed by atoms with Crippen LogP contribution in [0.4, 0.5) is 5.69 Å². The number of carbonyl (C=O) groups excluding carboxylic acids is 1. The molecule has 0 atom stereocenters. The van der Waals surface area contributed by atoms with Gasteiger partial charge < -0.3 is 15.2 Å². The summed E-state index contributed by atoms with van der Waals surface area (Å²) in [5, 5.41) is 29.3. The highest BCUT2D eigenvalue weighted by Gasteiger charge is 2.30. The van der Waals surface area contributed by atoms with Gasteiger partial charge in [0.25, 0.3) is 0 Å². The Bertz CT molecular complexity index is 1160. The summed E-state index contributed by atoms with van der Waals surface area (Å²) in [4.78, 5) is 13.0. The van der Waals surface area contributed by atoms with Crippen molar-refractivity contribution in [2.45, 2.75) is 70.9 Å². The van der Waals surface area contributed by atoms with E-state index in [1.165, 1.54) is 0 Å². The van der Waals surface area contributed by atoms with E-state index in [0.29, 0.717) is 23.7 Å². The van der Waals surface area contributed by atoms with Crippen LogP contribution in [0.5, 0.6) is 5.75 Å². The van der Waals surface area contributed by atoms with E-state index in [1.54, 1.807) is 18.2 Å². The minimum Gasteiger partial charge on any atom is -0.492 e. The number of nitrogens with zero attached hydrogens (tertiary/aromatic N) is 3. The monoisotopic (exact) mass is 453 g/mol. The van der Waals surface area contributed by atoms with E-state index < -0.39 is 11.5 Å². The van der Waals surface area contributed by atoms with Gasteiger partial charge in [0.2, 0.25) is 5.69 Å². The number of hydrogen-bond acceptors (Lipinski definition) is 5. The van der Waals surface area contributed by atoms with Gasteiger partial charge in [0.1, 0.15) is 5.75 Å². The largest absolute Gasteiger partial charge is 0.492 e. The molecule has 1 saturated carbocycles. The molecule has 1 aromatic carbocycles. The topological polar surface area (TPSA) is 100 Å². The van der Waals surface area contributed by atoms with E-state index in [0.717, 1.165) is 41.3 Å². The number of nitrogens with one attached hydrogen (secondary N) is 1. The zero-order valence-electron chi connectivity index (χ0n) is 19.7. The van der Waals surface area contributed by atoms with Crippen LogP contribution >= 0.6 is 0 Å². The zero-order chi connectivity index (χ0) is 23.8. The number of ether oxygens (including phenoxy) is 1. The maximum Gasteiger partial charge on any atom is 0.325 e. The maximum atomic E-state index is 13.0. The molecule has 0 aliphatic heterocycles. The van der Waals surface area contributed by atoms with Gasteiger partial charge in [0.15, 0.2) is 0 Å². The van der Waals surface area contributed by atoms with Crippen LogP contribution < -0.4 is 14.8 Å². The molecule has 8 nitrogen and oxygen atoms in total. The number of aliphatic hydroxyl groups is 1. The van der Waals surface area contributed by atoms with Crippen LogP contribution in [0, 0.1) is 0 Å². The quantitative estimate of drug-likeness (QED) is 0.384. The van der Waals surface area contributed by atoms with Gasteiger partial charge >= 0.3 is 11.6 Å². The Morgan fingerprint density at radius 1 is 1.33 bits per heavy atom. The first kappa shape index (κ1) is 23.0. The smallest absolute Gasteiger partial charge is 0.325 e. The summed E-state index contributed by atoms with van der Waals surface area (Å²) in [5.74, 6) is 0.161. The van der Waals surface area contributed by atoms with Crippen LogP contribution in [0.25, 0.3) is 10.9 Å². The second kappa shape index (κ2) is 9.02. The van der Waals surface area contributed by atoms with E-state index in [1.807, 2.05) is 50.7 Å². The molecular weight excluding hydrogens is 420 g/mol. The van der Waals surface area contributed by atoms with Crippen LogP contribution in [0.2, 0.25) is 0 Å². The minimum atomic E-state index is -0.598. The molecular formula is C25H33N4O4+. The fourth-order valence-electron chi connectivity index (χ4n) is 4.43. The number of benzene rings is 1. The Kier molecular flexibility index (Phi) is 6.30. The Hall–Kier alpha value is -3.13. The van der Waals surface area contributed by atoms with Crippen LogP contribution in [0.1, 0.15) is 81.5 Å². The van der Waals surface area contributed by atoms with Crippen molar-refractivity contribution >= 4 is 22.5 Å². The van der Waals surface area contributed by atoms with Gasteiger partial charge in [-0.1, -0.05) is 13.8 Å². The Labute approximate surface area is 193 Å². The molecule has 176 valence electrons. The van der Waals surface area contributed by atoms with Crippen LogP contribution in [0.15, 0.2) is 36.5 Å². The molecule has 3 aromatic rings. The molecule has 8 heteroatoms. The summed E-state index contributed by atoms with van der Waals surface area (Å²) in [7, 11) is 0. The highest BCUT2D eigenvalue weighted by molar-refractivity contribution is 6.04. The lowest BCUT2D eigenvalue weighted by atomic mass is 9.84. The molecule has 4 rings (SSSR count). The molecule has 0 bridgehead atoms. The third-order valence-electron chi connectivity index (χ3n) is 6.40. The zero-order valence-corrected chi connectivity index (χ0v) is 19.7. The first-order valence-electron chi connectivity index (χ1n) is 11.6. The van der Waals surface area contributed by atoms with Gasteiger partial charge in [-0.15, -0.1) is 0 Å². The first-order chi connectivity index (χ1) is 15.7. The lowest BCUT2D eigenvalue weighted by Crippen LogP contribution is -2.43. The lowest BCUT2D eigenvalue weighted by molar-refractivity contribution is -0.911. The van der Waals surface area contributed by atoms with Crippen molar-refractivity contribution in [2.24, 2.45) is 0 Å². The van der Waals surface area contributed by atoms with Crippen LogP contribution in [-0.2, 0) is 0 Å². The number of amides is 1. The molecule has 3 N–H and O–H groups in total.